The summed E-state index contributed by atoms with van der Waals surface area (Å²) in [5, 5.41) is 32.9. The first kappa shape index (κ1) is 76.5. The number of aromatic nitrogens is 10. The first-order valence-corrected chi connectivity index (χ1v) is 35.8. The van der Waals surface area contributed by atoms with Gasteiger partial charge in [-0.3, -0.25) is 23.4 Å². The molecule has 5 heterocycles. The molecule has 0 atom stereocenters. The van der Waals surface area contributed by atoms with E-state index in [1.165, 1.54) is 94.3 Å². The maximum atomic E-state index is 14.3. The minimum absolute atomic E-state index is 0. The van der Waals surface area contributed by atoms with E-state index in [-0.39, 0.29) is 47.6 Å². The van der Waals surface area contributed by atoms with Gasteiger partial charge in [-0.2, -0.15) is 0 Å². The molecule has 21 heteroatoms. The summed E-state index contributed by atoms with van der Waals surface area (Å²) in [6.45, 7) is -0.395. The fourth-order valence-electron chi connectivity index (χ4n) is 13.7. The van der Waals surface area contributed by atoms with Crippen molar-refractivity contribution in [1.82, 2.24) is 54.2 Å². The van der Waals surface area contributed by atoms with Crippen molar-refractivity contribution in [3.8, 4) is 91.2 Å². The van der Waals surface area contributed by atoms with Crippen molar-refractivity contribution in [1.29, 1.82) is 0 Å². The molecule has 14 aromatic carbocycles. The molecule has 0 saturated heterocycles. The van der Waals surface area contributed by atoms with E-state index in [0.717, 1.165) is 79.7 Å². The summed E-state index contributed by atoms with van der Waals surface area (Å²) < 4.78 is 96.3. The van der Waals surface area contributed by atoms with Gasteiger partial charge in [0.05, 0.1) is 73.4 Å². The highest BCUT2D eigenvalue weighted by Gasteiger charge is 2.27. The van der Waals surface area contributed by atoms with Crippen LogP contribution in [0.25, 0.3) is 135 Å². The number of hydrogen-bond acceptors (Lipinski definition) is 9. The van der Waals surface area contributed by atoms with Crippen LogP contribution in [0.15, 0.2) is 356 Å². The second-order valence-electron chi connectivity index (χ2n) is 25.7. The Hall–Kier alpha value is -15.3. The molecule has 0 bridgehead atoms. The molecule has 1 amide bonds. The highest BCUT2D eigenvalue weighted by molar-refractivity contribution is 6.11. The van der Waals surface area contributed by atoms with Gasteiger partial charge in [0.2, 0.25) is 0 Å². The predicted octanol–water partition coefficient (Wildman–Crippen LogP) is 23.0. The normalized spacial score (nSPS) is 10.8. The van der Waals surface area contributed by atoms with Crippen LogP contribution in [0.5, 0.6) is 0 Å². The first-order valence-electron chi connectivity index (χ1n) is 35.8. The number of nitrogens with zero attached hydrogens (tertiary/aromatic N) is 10. The largest absolute Gasteiger partial charge is 0.416 e. The molecule has 5 aromatic heterocycles. The number of Topliss-reactive ketones (excluding diaryl/α,β-unsaturated/α-hetero) is 1. The first-order chi connectivity index (χ1) is 55.5. The zero-order valence-electron chi connectivity index (χ0n) is 60.1. The number of ketones is 1. The Morgan fingerprint density at radius 2 is 0.557 bits per heavy atom. The lowest BCUT2D eigenvalue weighted by atomic mass is 10.1. The number of carbonyl (C=O) groups excluding carboxylic acids is 2. The van der Waals surface area contributed by atoms with Crippen molar-refractivity contribution in [2.75, 3.05) is 6.54 Å². The SMILES string of the molecule is C.F.Fc1ccccc1-c1nnc(-c2ccccc2F)n1-c1ccccc1.Fc1ccccc1-c1nnc(-c2ccccc2F)o1.O=C(CNC(=O)c1ccccc1F)c1ccccc1F.[HH].c1ccc(-n2c(-c3ccccc3-n3c4ccccc4c4ccccc43)nnc2-c2ccccc2-n2c3ccccc3c3ccccc32)cc1. The zero-order chi connectivity index (χ0) is 77.3. The Balaban J connectivity index is 0.000000147. The quantitative estimate of drug-likeness (QED) is 0.0827. The lowest BCUT2D eigenvalue weighted by molar-refractivity contribution is 0.0899. The van der Waals surface area contributed by atoms with Gasteiger partial charge in [0.15, 0.2) is 29.1 Å². The van der Waals surface area contributed by atoms with Gasteiger partial charge in [-0.25, -0.2) is 26.3 Å². The van der Waals surface area contributed by atoms with Crippen molar-refractivity contribution in [3.05, 3.63) is 398 Å². The van der Waals surface area contributed by atoms with E-state index in [2.05, 4.69) is 209 Å². The van der Waals surface area contributed by atoms with Crippen LogP contribution in [0.2, 0.25) is 0 Å². The molecule has 0 radical (unpaired) electrons. The fourth-order valence-corrected chi connectivity index (χ4v) is 13.7. The van der Waals surface area contributed by atoms with Crippen molar-refractivity contribution >= 4 is 55.3 Å². The fraction of sp³-hybridized carbons (Fsp3) is 0.0213. The molecule has 0 aliphatic heterocycles. The Kier molecular flexibility index (Phi) is 22.9. The molecule has 1 N–H and O–H groups in total. The van der Waals surface area contributed by atoms with Gasteiger partial charge >= 0.3 is 0 Å². The van der Waals surface area contributed by atoms with E-state index in [9.17, 15) is 35.9 Å². The number of hydrogen-bond donors (Lipinski definition) is 1. The number of halogens is 7. The van der Waals surface area contributed by atoms with Gasteiger partial charge in [0, 0.05) is 45.5 Å². The van der Waals surface area contributed by atoms with Crippen LogP contribution in [0, 0.1) is 34.9 Å². The molecule has 0 spiro atoms. The van der Waals surface area contributed by atoms with Gasteiger partial charge in [-0.15, -0.1) is 30.6 Å². The van der Waals surface area contributed by atoms with Gasteiger partial charge in [-0.1, -0.05) is 214 Å². The summed E-state index contributed by atoms with van der Waals surface area (Å²) in [6, 6.07) is 107. The van der Waals surface area contributed by atoms with Gasteiger partial charge in [0.25, 0.3) is 17.7 Å². The number of nitrogens with one attached hydrogen (secondary N) is 1. The Labute approximate surface area is 655 Å². The topological polar surface area (TPSA) is 156 Å². The Morgan fingerprint density at radius 3 is 0.904 bits per heavy atom. The molecular weight excluding hydrogens is 1460 g/mol. The number of para-hydroxylation sites is 8. The third kappa shape index (κ3) is 15.4. The molecule has 19 rings (SSSR count). The summed E-state index contributed by atoms with van der Waals surface area (Å²) in [5.74, 6) is -2.14. The van der Waals surface area contributed by atoms with E-state index in [1.807, 2.05) is 36.4 Å². The van der Waals surface area contributed by atoms with E-state index in [1.54, 1.807) is 65.2 Å². The lowest BCUT2D eigenvalue weighted by Crippen LogP contribution is -2.30. The highest BCUT2D eigenvalue weighted by atomic mass is 19.1. The molecule has 14 nitrogen and oxygen atoms in total. The van der Waals surface area contributed by atoms with Gasteiger partial charge in [-0.05, 0) is 146 Å². The van der Waals surface area contributed by atoms with Gasteiger partial charge in [0.1, 0.15) is 34.9 Å². The van der Waals surface area contributed by atoms with Crippen LogP contribution in [0.1, 0.15) is 29.6 Å². The second-order valence-corrected chi connectivity index (χ2v) is 25.7. The minimum Gasteiger partial charge on any atom is -0.416 e. The summed E-state index contributed by atoms with van der Waals surface area (Å²) in [7, 11) is 0. The molecule has 0 unspecified atom stereocenters. The minimum atomic E-state index is -0.715. The zero-order valence-corrected chi connectivity index (χ0v) is 60.1. The molecule has 0 aliphatic rings. The molecule has 0 fully saturated rings. The number of carbonyl (C=O) groups is 2. The van der Waals surface area contributed by atoms with E-state index in [0.29, 0.717) is 22.8 Å². The molecular formula is C94H68F7N11O3. The van der Waals surface area contributed by atoms with Crippen LogP contribution >= 0.6 is 0 Å². The summed E-state index contributed by atoms with van der Waals surface area (Å²) in [6.07, 6.45) is 0. The smallest absolute Gasteiger partial charge is 0.254 e. The monoisotopic (exact) mass is 1530 g/mol. The Bertz CT molecular complexity index is 6240. The maximum Gasteiger partial charge on any atom is 0.254 e. The molecule has 0 aliphatic carbocycles. The highest BCUT2D eigenvalue weighted by Crippen LogP contribution is 2.41. The number of amides is 1. The molecule has 115 heavy (non-hydrogen) atoms. The maximum absolute atomic E-state index is 14.3. The van der Waals surface area contributed by atoms with E-state index >= 15 is 0 Å². The number of rotatable bonds is 14. The average Bonchev–Trinajstić information content (AvgIpc) is 1.58. The molecule has 0 saturated carbocycles. The van der Waals surface area contributed by atoms with Crippen LogP contribution in [0.4, 0.5) is 31.0 Å². The number of benzene rings is 14. The summed E-state index contributed by atoms with van der Waals surface area (Å²) in [5.41, 5.74) is 11.1. The molecule has 566 valence electrons. The standard InChI is InChI=1S/C44H29N5.C20H13F2N3.C15H11F2NO2.C14H8F2N2O.CH4.FH.H2/c1-2-16-30(17-3-1)47-43(35-22-8-14-28-41(35)48-37-24-10-4-18-31(37)32-19-5-11-25-38(32)48)45-46-44(47)36-23-9-15-29-42(36)49-39-26-12-6-20-33(39)34-21-7-13-27-40(34)49;21-17-12-6-4-10-15(17)19-23-24-20(16-11-5-7-13-18(16)22)25(19)14-8-2-1-3-9-14;16-12-7-3-1-5-10(12)14(19)9-18-15(20)11-6-2-4-8-13(11)17;15-11-7-3-1-5-9(11)13-17-18-14(19-13)10-6-2-4-8-12(10)16;;;/h1-29H;1-13H;1-8H,9H2,(H,18,20);1-8H;1H4;2*1H. The number of fused-ring (bicyclic) bond motifs is 6. The van der Waals surface area contributed by atoms with Crippen LogP contribution in [-0.4, -0.2) is 67.1 Å². The lowest BCUT2D eigenvalue weighted by Gasteiger charge is -2.17. The average molecular weight is 1530 g/mol. The van der Waals surface area contributed by atoms with Gasteiger partial charge < -0.3 is 18.9 Å². The van der Waals surface area contributed by atoms with Crippen molar-refractivity contribution in [2.45, 2.75) is 7.43 Å². The van der Waals surface area contributed by atoms with Crippen molar-refractivity contribution in [2.24, 2.45) is 0 Å². The second kappa shape index (κ2) is 34.3. The van der Waals surface area contributed by atoms with E-state index < -0.39 is 53.1 Å². The van der Waals surface area contributed by atoms with Crippen LogP contribution < -0.4 is 5.32 Å². The Morgan fingerprint density at radius 1 is 0.287 bits per heavy atom. The van der Waals surface area contributed by atoms with E-state index in [4.69, 9.17) is 14.6 Å². The van der Waals surface area contributed by atoms with Crippen molar-refractivity contribution in [3.63, 3.8) is 0 Å². The summed E-state index contributed by atoms with van der Waals surface area (Å²) >= 11 is 0. The predicted molar refractivity (Wildman–Crippen MR) is 439 cm³/mol. The third-order valence-electron chi connectivity index (χ3n) is 18.9. The van der Waals surface area contributed by atoms with Crippen molar-refractivity contribution < 1.29 is 46.5 Å². The third-order valence-corrected chi connectivity index (χ3v) is 18.9. The molecule has 19 aromatic rings. The summed E-state index contributed by atoms with van der Waals surface area (Å²) in [4.78, 5) is 23.4. The van der Waals surface area contributed by atoms with Crippen LogP contribution in [-0.2, 0) is 0 Å². The van der Waals surface area contributed by atoms with Crippen LogP contribution in [0.3, 0.4) is 0 Å².